The van der Waals surface area contributed by atoms with Gasteiger partial charge in [-0.15, -0.1) is 0 Å². The second-order valence-corrected chi connectivity index (χ2v) is 5.79. The normalized spacial score (nSPS) is 20.8. The van der Waals surface area contributed by atoms with E-state index in [0.29, 0.717) is 38.2 Å². The minimum atomic E-state index is -0.202. The van der Waals surface area contributed by atoms with E-state index in [1.54, 1.807) is 16.8 Å². The van der Waals surface area contributed by atoms with Gasteiger partial charge < -0.3 is 20.4 Å². The summed E-state index contributed by atoms with van der Waals surface area (Å²) in [6.45, 7) is 1.73. The van der Waals surface area contributed by atoms with Crippen LogP contribution in [0.25, 0.3) is 0 Å². The fourth-order valence-corrected chi connectivity index (χ4v) is 3.04. The SMILES string of the molecule is CN1C(=O)c2ccccc2C1CNC(=O)N1CCNC(=O)CC1. The van der Waals surface area contributed by atoms with E-state index >= 15 is 0 Å². The predicted octanol–water partition coefficient (Wildman–Crippen LogP) is 0.345. The van der Waals surface area contributed by atoms with E-state index < -0.39 is 0 Å². The number of benzene rings is 1. The molecule has 1 saturated heterocycles. The minimum absolute atomic E-state index is 0.0237. The maximum atomic E-state index is 12.3. The van der Waals surface area contributed by atoms with Crippen molar-refractivity contribution in [1.82, 2.24) is 20.4 Å². The van der Waals surface area contributed by atoms with Crippen LogP contribution in [0.5, 0.6) is 0 Å². The van der Waals surface area contributed by atoms with Gasteiger partial charge in [0.25, 0.3) is 5.91 Å². The Labute approximate surface area is 134 Å². The molecule has 1 unspecified atom stereocenters. The molecule has 7 nitrogen and oxygen atoms in total. The van der Waals surface area contributed by atoms with Crippen LogP contribution in [0.4, 0.5) is 4.79 Å². The zero-order valence-corrected chi connectivity index (χ0v) is 13.0. The van der Waals surface area contributed by atoms with Crippen LogP contribution in [0.1, 0.15) is 28.4 Å². The van der Waals surface area contributed by atoms with Gasteiger partial charge >= 0.3 is 6.03 Å². The summed E-state index contributed by atoms with van der Waals surface area (Å²) in [7, 11) is 1.74. The summed E-state index contributed by atoms with van der Waals surface area (Å²) in [5.74, 6) is -0.0558. The van der Waals surface area contributed by atoms with Crippen molar-refractivity contribution in [3.05, 3.63) is 35.4 Å². The van der Waals surface area contributed by atoms with Crippen molar-refractivity contribution in [1.29, 1.82) is 0 Å². The number of carbonyl (C=O) groups excluding carboxylic acids is 3. The predicted molar refractivity (Wildman–Crippen MR) is 83.9 cm³/mol. The molecule has 0 spiro atoms. The summed E-state index contributed by atoms with van der Waals surface area (Å²) in [4.78, 5) is 39.1. The third-order valence-corrected chi connectivity index (χ3v) is 4.38. The highest BCUT2D eigenvalue weighted by atomic mass is 16.2. The Morgan fingerprint density at radius 2 is 2.09 bits per heavy atom. The molecule has 7 heteroatoms. The molecule has 1 atom stereocenters. The van der Waals surface area contributed by atoms with Gasteiger partial charge in [-0.3, -0.25) is 9.59 Å². The van der Waals surface area contributed by atoms with Crippen molar-refractivity contribution < 1.29 is 14.4 Å². The van der Waals surface area contributed by atoms with E-state index in [-0.39, 0.29) is 23.9 Å². The Bertz CT molecular complexity index is 646. The lowest BCUT2D eigenvalue weighted by atomic mass is 10.1. The van der Waals surface area contributed by atoms with Gasteiger partial charge in [0.15, 0.2) is 0 Å². The monoisotopic (exact) mass is 316 g/mol. The number of rotatable bonds is 2. The minimum Gasteiger partial charge on any atom is -0.354 e. The number of hydrogen-bond acceptors (Lipinski definition) is 3. The Morgan fingerprint density at radius 3 is 2.91 bits per heavy atom. The van der Waals surface area contributed by atoms with Gasteiger partial charge in [0.05, 0.1) is 6.04 Å². The van der Waals surface area contributed by atoms with Crippen molar-refractivity contribution in [2.75, 3.05) is 33.2 Å². The molecule has 4 amide bonds. The standard InChI is InChI=1S/C16H20N4O3/c1-19-13(11-4-2-3-5-12(11)15(19)22)10-18-16(23)20-8-6-14(21)17-7-9-20/h2-5,13H,6-10H2,1H3,(H,17,21)(H,18,23). The molecule has 3 rings (SSSR count). The molecule has 1 aromatic carbocycles. The molecular formula is C16H20N4O3. The van der Waals surface area contributed by atoms with E-state index in [4.69, 9.17) is 0 Å². The van der Waals surface area contributed by atoms with Gasteiger partial charge in [-0.25, -0.2) is 4.79 Å². The van der Waals surface area contributed by atoms with Crippen LogP contribution in [0.3, 0.4) is 0 Å². The second-order valence-electron chi connectivity index (χ2n) is 5.79. The molecule has 0 saturated carbocycles. The zero-order chi connectivity index (χ0) is 16.4. The molecule has 0 bridgehead atoms. The van der Waals surface area contributed by atoms with Crippen LogP contribution in [0, 0.1) is 0 Å². The van der Waals surface area contributed by atoms with Gasteiger partial charge in [-0.2, -0.15) is 0 Å². The van der Waals surface area contributed by atoms with Crippen LogP contribution >= 0.6 is 0 Å². The fourth-order valence-electron chi connectivity index (χ4n) is 3.04. The summed E-state index contributed by atoms with van der Waals surface area (Å²) >= 11 is 0. The highest BCUT2D eigenvalue weighted by Crippen LogP contribution is 2.31. The van der Waals surface area contributed by atoms with Crippen molar-refractivity contribution in [2.45, 2.75) is 12.5 Å². The number of hydrogen-bond donors (Lipinski definition) is 2. The topological polar surface area (TPSA) is 81.8 Å². The number of nitrogens with zero attached hydrogens (tertiary/aromatic N) is 2. The van der Waals surface area contributed by atoms with Crippen LogP contribution in [-0.4, -0.2) is 60.9 Å². The lowest BCUT2D eigenvalue weighted by Gasteiger charge is -2.24. The van der Waals surface area contributed by atoms with Crippen LogP contribution in [-0.2, 0) is 4.79 Å². The average molecular weight is 316 g/mol. The first-order chi connectivity index (χ1) is 11.1. The summed E-state index contributed by atoms with van der Waals surface area (Å²) in [6, 6.07) is 7.10. The fraction of sp³-hybridized carbons (Fsp3) is 0.438. The molecule has 2 aliphatic rings. The Hall–Kier alpha value is -2.57. The van der Waals surface area contributed by atoms with Gasteiger partial charge in [0.2, 0.25) is 5.91 Å². The Morgan fingerprint density at radius 1 is 1.30 bits per heavy atom. The molecule has 122 valence electrons. The maximum Gasteiger partial charge on any atom is 0.317 e. The van der Waals surface area contributed by atoms with E-state index in [0.717, 1.165) is 5.56 Å². The quantitative estimate of drug-likeness (QED) is 0.826. The number of likely N-dealkylation sites (N-methyl/N-ethyl adjacent to an activating group) is 1. The van der Waals surface area contributed by atoms with Crippen molar-refractivity contribution >= 4 is 17.8 Å². The number of nitrogens with one attached hydrogen (secondary N) is 2. The molecule has 1 aromatic rings. The largest absolute Gasteiger partial charge is 0.354 e. The number of amides is 4. The first kappa shape index (κ1) is 15.3. The smallest absolute Gasteiger partial charge is 0.317 e. The zero-order valence-electron chi connectivity index (χ0n) is 13.0. The Balaban J connectivity index is 1.63. The summed E-state index contributed by atoms with van der Waals surface area (Å²) in [6.07, 6.45) is 0.318. The third kappa shape index (κ3) is 2.99. The van der Waals surface area contributed by atoms with E-state index in [9.17, 15) is 14.4 Å². The van der Waals surface area contributed by atoms with Gasteiger partial charge in [0.1, 0.15) is 0 Å². The first-order valence-electron chi connectivity index (χ1n) is 7.73. The highest BCUT2D eigenvalue weighted by Gasteiger charge is 2.34. The van der Waals surface area contributed by atoms with Gasteiger partial charge in [-0.05, 0) is 11.6 Å². The van der Waals surface area contributed by atoms with Gasteiger partial charge in [-0.1, -0.05) is 18.2 Å². The molecule has 0 radical (unpaired) electrons. The molecule has 0 aliphatic carbocycles. The average Bonchev–Trinajstić information content (AvgIpc) is 2.71. The molecule has 1 fully saturated rings. The molecule has 0 aromatic heterocycles. The summed E-state index contributed by atoms with van der Waals surface area (Å²) in [5, 5.41) is 5.62. The molecule has 2 N–H and O–H groups in total. The van der Waals surface area contributed by atoms with E-state index in [2.05, 4.69) is 10.6 Å². The lowest BCUT2D eigenvalue weighted by molar-refractivity contribution is -0.120. The first-order valence-corrected chi connectivity index (χ1v) is 7.73. The van der Waals surface area contributed by atoms with Crippen molar-refractivity contribution in [3.63, 3.8) is 0 Å². The van der Waals surface area contributed by atoms with Crippen LogP contribution < -0.4 is 10.6 Å². The molecule has 2 aliphatic heterocycles. The molecule has 2 heterocycles. The number of carbonyl (C=O) groups is 3. The van der Waals surface area contributed by atoms with Crippen LogP contribution in [0.15, 0.2) is 24.3 Å². The third-order valence-electron chi connectivity index (χ3n) is 4.38. The molecule has 23 heavy (non-hydrogen) atoms. The maximum absolute atomic E-state index is 12.3. The lowest BCUT2D eigenvalue weighted by Crippen LogP contribution is -2.44. The van der Waals surface area contributed by atoms with Crippen molar-refractivity contribution in [3.8, 4) is 0 Å². The van der Waals surface area contributed by atoms with Crippen LogP contribution in [0.2, 0.25) is 0 Å². The highest BCUT2D eigenvalue weighted by molar-refractivity contribution is 5.99. The number of urea groups is 1. The van der Waals surface area contributed by atoms with Crippen molar-refractivity contribution in [2.24, 2.45) is 0 Å². The van der Waals surface area contributed by atoms with Gasteiger partial charge in [0, 0.05) is 45.2 Å². The van der Waals surface area contributed by atoms with E-state index in [1.165, 1.54) is 0 Å². The number of fused-ring (bicyclic) bond motifs is 1. The summed E-state index contributed by atoms with van der Waals surface area (Å²) < 4.78 is 0. The van der Waals surface area contributed by atoms with E-state index in [1.807, 2.05) is 24.3 Å². The molecular weight excluding hydrogens is 296 g/mol. The summed E-state index contributed by atoms with van der Waals surface area (Å²) in [5.41, 5.74) is 1.63. The second kappa shape index (κ2) is 6.28. The Kier molecular flexibility index (Phi) is 4.18.